The molecule has 0 atom stereocenters. The van der Waals surface area contributed by atoms with Crippen LogP contribution in [0.4, 0.5) is 0 Å². The van der Waals surface area contributed by atoms with Crippen molar-refractivity contribution in [1.29, 1.82) is 0 Å². The molecule has 3 heteroatoms. The summed E-state index contributed by atoms with van der Waals surface area (Å²) in [4.78, 5) is 16.5. The van der Waals surface area contributed by atoms with Crippen LogP contribution in [0.3, 0.4) is 0 Å². The first kappa shape index (κ1) is 10.9. The number of benzene rings is 1. The maximum absolute atomic E-state index is 12.3. The van der Waals surface area contributed by atoms with Gasteiger partial charge in [0.15, 0.2) is 0 Å². The summed E-state index contributed by atoms with van der Waals surface area (Å²) in [6.07, 6.45) is 2.43. The Kier molecular flexibility index (Phi) is 2.54. The lowest BCUT2D eigenvalue weighted by atomic mass is 9.89. The minimum Gasteiger partial charge on any atom is -0.273 e. The Morgan fingerprint density at radius 2 is 2.06 bits per heavy atom. The highest BCUT2D eigenvalue weighted by Gasteiger charge is 2.27. The van der Waals surface area contributed by atoms with Crippen LogP contribution >= 0.6 is 0 Å². The lowest BCUT2D eigenvalue weighted by molar-refractivity contribution is 0.0745. The Bertz CT molecular complexity index is 525. The molecule has 0 fully saturated rings. The van der Waals surface area contributed by atoms with Crippen molar-refractivity contribution in [3.63, 3.8) is 0 Å². The highest BCUT2D eigenvalue weighted by Crippen LogP contribution is 2.24. The van der Waals surface area contributed by atoms with Gasteiger partial charge in [-0.05, 0) is 18.6 Å². The maximum atomic E-state index is 12.3. The number of nitrogens with zero attached hydrogens (tertiary/aromatic N) is 2. The monoisotopic (exact) mass is 216 g/mol. The summed E-state index contributed by atoms with van der Waals surface area (Å²) >= 11 is 0. The second kappa shape index (κ2) is 3.74. The standard InChI is InChI=1S/C13H16N2O/c1-4-13(2,3)12(16)15-9-14-10-7-5-6-8-11(10)15/h5-9H,4H2,1-3H3. The van der Waals surface area contributed by atoms with E-state index in [1.807, 2.05) is 45.0 Å². The highest BCUT2D eigenvalue weighted by atomic mass is 16.2. The Morgan fingerprint density at radius 1 is 1.38 bits per heavy atom. The summed E-state index contributed by atoms with van der Waals surface area (Å²) in [7, 11) is 0. The van der Waals surface area contributed by atoms with Crippen LogP contribution in [0.2, 0.25) is 0 Å². The Hall–Kier alpha value is -1.64. The van der Waals surface area contributed by atoms with Crippen LogP contribution < -0.4 is 0 Å². The molecule has 0 bridgehead atoms. The van der Waals surface area contributed by atoms with Crippen molar-refractivity contribution in [2.45, 2.75) is 27.2 Å². The summed E-state index contributed by atoms with van der Waals surface area (Å²) < 4.78 is 1.65. The zero-order valence-corrected chi connectivity index (χ0v) is 9.90. The minimum absolute atomic E-state index is 0.101. The van der Waals surface area contributed by atoms with Crippen molar-refractivity contribution in [3.05, 3.63) is 30.6 Å². The van der Waals surface area contributed by atoms with Gasteiger partial charge in [-0.25, -0.2) is 4.98 Å². The van der Waals surface area contributed by atoms with Crippen LogP contribution in [0.15, 0.2) is 30.6 Å². The number of carbonyl (C=O) groups is 1. The third-order valence-electron chi connectivity index (χ3n) is 3.14. The summed E-state index contributed by atoms with van der Waals surface area (Å²) in [6, 6.07) is 7.69. The van der Waals surface area contributed by atoms with Gasteiger partial charge in [-0.2, -0.15) is 0 Å². The molecular formula is C13H16N2O. The van der Waals surface area contributed by atoms with Crippen molar-refractivity contribution >= 4 is 16.9 Å². The average Bonchev–Trinajstić information content (AvgIpc) is 2.71. The lowest BCUT2D eigenvalue weighted by Crippen LogP contribution is -2.28. The molecule has 0 aliphatic rings. The number of aromatic nitrogens is 2. The predicted octanol–water partition coefficient (Wildman–Crippen LogP) is 3.11. The molecule has 0 aliphatic heterocycles. The van der Waals surface area contributed by atoms with Crippen LogP contribution in [0.5, 0.6) is 0 Å². The van der Waals surface area contributed by atoms with E-state index in [2.05, 4.69) is 4.98 Å². The van der Waals surface area contributed by atoms with Gasteiger partial charge < -0.3 is 0 Å². The summed E-state index contributed by atoms with van der Waals surface area (Å²) in [5.74, 6) is 0.101. The van der Waals surface area contributed by atoms with Gasteiger partial charge in [0.2, 0.25) is 5.91 Å². The highest BCUT2D eigenvalue weighted by molar-refractivity contribution is 5.93. The topological polar surface area (TPSA) is 34.9 Å². The molecule has 1 heterocycles. The van der Waals surface area contributed by atoms with E-state index < -0.39 is 0 Å². The smallest absolute Gasteiger partial charge is 0.237 e. The van der Waals surface area contributed by atoms with E-state index >= 15 is 0 Å². The molecule has 0 unspecified atom stereocenters. The van der Waals surface area contributed by atoms with E-state index in [1.54, 1.807) is 10.9 Å². The van der Waals surface area contributed by atoms with Gasteiger partial charge in [0, 0.05) is 5.41 Å². The van der Waals surface area contributed by atoms with Crippen LogP contribution in [0.1, 0.15) is 32.0 Å². The largest absolute Gasteiger partial charge is 0.273 e. The molecule has 16 heavy (non-hydrogen) atoms. The van der Waals surface area contributed by atoms with Crippen LogP contribution in [0, 0.1) is 5.41 Å². The summed E-state index contributed by atoms with van der Waals surface area (Å²) in [5, 5.41) is 0. The normalized spacial score (nSPS) is 11.9. The fourth-order valence-corrected chi connectivity index (χ4v) is 1.60. The van der Waals surface area contributed by atoms with E-state index in [0.29, 0.717) is 0 Å². The summed E-state index contributed by atoms with van der Waals surface area (Å²) in [5.41, 5.74) is 1.40. The molecular weight excluding hydrogens is 200 g/mol. The van der Waals surface area contributed by atoms with E-state index in [0.717, 1.165) is 17.5 Å². The summed E-state index contributed by atoms with van der Waals surface area (Å²) in [6.45, 7) is 5.95. The number of hydrogen-bond donors (Lipinski definition) is 0. The molecule has 3 nitrogen and oxygen atoms in total. The average molecular weight is 216 g/mol. The van der Waals surface area contributed by atoms with Gasteiger partial charge in [-0.3, -0.25) is 9.36 Å². The van der Waals surface area contributed by atoms with E-state index in [1.165, 1.54) is 0 Å². The van der Waals surface area contributed by atoms with E-state index in [9.17, 15) is 4.79 Å². The fraction of sp³-hybridized carbons (Fsp3) is 0.385. The van der Waals surface area contributed by atoms with Crippen molar-refractivity contribution in [3.8, 4) is 0 Å². The molecule has 0 radical (unpaired) electrons. The number of carbonyl (C=O) groups excluding carboxylic acids is 1. The molecule has 0 N–H and O–H groups in total. The molecule has 84 valence electrons. The third-order valence-corrected chi connectivity index (χ3v) is 3.14. The molecule has 0 aliphatic carbocycles. The van der Waals surface area contributed by atoms with Gasteiger partial charge in [-0.15, -0.1) is 0 Å². The first-order valence-electron chi connectivity index (χ1n) is 5.53. The molecule has 0 amide bonds. The number of rotatable bonds is 2. The number of imidazole rings is 1. The molecule has 0 saturated carbocycles. The predicted molar refractivity (Wildman–Crippen MR) is 64.4 cm³/mol. The molecule has 2 rings (SSSR count). The van der Waals surface area contributed by atoms with Crippen molar-refractivity contribution in [2.24, 2.45) is 5.41 Å². The van der Waals surface area contributed by atoms with Crippen LogP contribution in [-0.4, -0.2) is 15.5 Å². The maximum Gasteiger partial charge on any atom is 0.237 e. The van der Waals surface area contributed by atoms with Crippen molar-refractivity contribution < 1.29 is 4.79 Å². The van der Waals surface area contributed by atoms with Gasteiger partial charge in [0.25, 0.3) is 0 Å². The third kappa shape index (κ3) is 1.62. The second-order valence-corrected chi connectivity index (χ2v) is 4.65. The zero-order chi connectivity index (χ0) is 11.8. The van der Waals surface area contributed by atoms with Gasteiger partial charge in [-0.1, -0.05) is 32.9 Å². The number of para-hydroxylation sites is 2. The second-order valence-electron chi connectivity index (χ2n) is 4.65. The van der Waals surface area contributed by atoms with E-state index in [4.69, 9.17) is 0 Å². The molecule has 0 saturated heterocycles. The lowest BCUT2D eigenvalue weighted by Gasteiger charge is -2.21. The van der Waals surface area contributed by atoms with E-state index in [-0.39, 0.29) is 11.3 Å². The van der Waals surface area contributed by atoms with Gasteiger partial charge >= 0.3 is 0 Å². The Morgan fingerprint density at radius 3 is 2.75 bits per heavy atom. The molecule has 0 spiro atoms. The SMILES string of the molecule is CCC(C)(C)C(=O)n1cnc2ccccc21. The number of hydrogen-bond acceptors (Lipinski definition) is 2. The Balaban J connectivity index is 2.52. The van der Waals surface area contributed by atoms with Gasteiger partial charge in [0.05, 0.1) is 11.0 Å². The number of fused-ring (bicyclic) bond motifs is 1. The van der Waals surface area contributed by atoms with Crippen LogP contribution in [-0.2, 0) is 0 Å². The zero-order valence-electron chi connectivity index (χ0n) is 9.90. The quantitative estimate of drug-likeness (QED) is 0.773. The minimum atomic E-state index is -0.344. The Labute approximate surface area is 95.1 Å². The molecule has 1 aromatic heterocycles. The van der Waals surface area contributed by atoms with Crippen molar-refractivity contribution in [1.82, 2.24) is 9.55 Å². The first-order chi connectivity index (χ1) is 7.56. The molecule has 2 aromatic rings. The fourth-order valence-electron chi connectivity index (χ4n) is 1.60. The van der Waals surface area contributed by atoms with Gasteiger partial charge in [0.1, 0.15) is 6.33 Å². The van der Waals surface area contributed by atoms with Crippen LogP contribution in [0.25, 0.3) is 11.0 Å². The first-order valence-corrected chi connectivity index (χ1v) is 5.53. The van der Waals surface area contributed by atoms with Crippen molar-refractivity contribution in [2.75, 3.05) is 0 Å². The molecule has 1 aromatic carbocycles.